The summed E-state index contributed by atoms with van der Waals surface area (Å²) in [5, 5.41) is 3.34. The Morgan fingerprint density at radius 1 is 1.11 bits per heavy atom. The first kappa shape index (κ1) is 17.4. The summed E-state index contributed by atoms with van der Waals surface area (Å²) in [5.41, 5.74) is 3.12. The lowest BCUT2D eigenvalue weighted by Gasteiger charge is -2.21. The molecular weight excluding hydrogens is 367 g/mol. The van der Waals surface area contributed by atoms with Crippen LogP contribution in [-0.4, -0.2) is 16.5 Å². The zero-order chi connectivity index (χ0) is 19.3. The Kier molecular flexibility index (Phi) is 4.01. The van der Waals surface area contributed by atoms with Crippen LogP contribution in [0.15, 0.2) is 47.0 Å². The van der Waals surface area contributed by atoms with Gasteiger partial charge in [-0.05, 0) is 42.3 Å². The number of oxazole rings is 1. The number of aryl methyl sites for hydroxylation is 1. The predicted octanol–water partition coefficient (Wildman–Crippen LogP) is 4.67. The fourth-order valence-corrected chi connectivity index (χ4v) is 3.88. The molecule has 5 rings (SSSR count). The van der Waals surface area contributed by atoms with Gasteiger partial charge in [-0.25, -0.2) is 4.98 Å². The molecule has 1 aliphatic carbocycles. The third-order valence-electron chi connectivity index (χ3n) is 5.44. The molecule has 0 amide bonds. The third-order valence-corrected chi connectivity index (χ3v) is 5.44. The molecule has 2 aliphatic rings. The van der Waals surface area contributed by atoms with Crippen LogP contribution in [0.4, 0.5) is 13.2 Å². The average molecular weight is 385 g/mol. The monoisotopic (exact) mass is 385 g/mol. The average Bonchev–Trinajstić information content (AvgIpc) is 3.45. The standard InChI is InChI=1S/C21H18F3N3O/c22-21(23,24)14-6-3-12(4-7-14)20-27-16-10-13(5-8-18(16)28-20)19-15(17-11-26-17)2-1-9-25-19/h1-4,6-7,9,13,17,26H,5,8,10-11H2. The van der Waals surface area contributed by atoms with E-state index < -0.39 is 11.7 Å². The van der Waals surface area contributed by atoms with Crippen molar-refractivity contribution in [1.82, 2.24) is 15.3 Å². The highest BCUT2D eigenvalue weighted by Crippen LogP contribution is 2.38. The van der Waals surface area contributed by atoms with Gasteiger partial charge in [-0.1, -0.05) is 6.07 Å². The number of nitrogens with one attached hydrogen (secondary N) is 1. The number of aromatic nitrogens is 2. The van der Waals surface area contributed by atoms with Gasteiger partial charge in [0, 0.05) is 48.8 Å². The highest BCUT2D eigenvalue weighted by Gasteiger charge is 2.33. The van der Waals surface area contributed by atoms with Gasteiger partial charge in [0.25, 0.3) is 0 Å². The maximum absolute atomic E-state index is 12.8. The molecule has 1 saturated heterocycles. The number of alkyl halides is 3. The van der Waals surface area contributed by atoms with Crippen LogP contribution in [0.2, 0.25) is 0 Å². The van der Waals surface area contributed by atoms with Gasteiger partial charge in [0.1, 0.15) is 5.76 Å². The van der Waals surface area contributed by atoms with E-state index in [0.717, 1.165) is 55.1 Å². The van der Waals surface area contributed by atoms with Crippen LogP contribution in [0.3, 0.4) is 0 Å². The Hall–Kier alpha value is -2.67. The van der Waals surface area contributed by atoms with Crippen LogP contribution in [0, 0.1) is 0 Å². The van der Waals surface area contributed by atoms with Crippen LogP contribution in [0.25, 0.3) is 11.5 Å². The second-order valence-corrected chi connectivity index (χ2v) is 7.34. The maximum atomic E-state index is 12.8. The molecule has 144 valence electrons. The quantitative estimate of drug-likeness (QED) is 0.666. The number of benzene rings is 1. The van der Waals surface area contributed by atoms with Gasteiger partial charge in [0.15, 0.2) is 0 Å². The molecule has 1 aromatic carbocycles. The Balaban J connectivity index is 1.40. The molecule has 3 heterocycles. The van der Waals surface area contributed by atoms with Crippen LogP contribution in [-0.2, 0) is 19.0 Å². The first-order valence-corrected chi connectivity index (χ1v) is 9.33. The molecule has 1 aliphatic heterocycles. The second-order valence-electron chi connectivity index (χ2n) is 7.34. The molecule has 0 radical (unpaired) electrons. The number of hydrogen-bond acceptors (Lipinski definition) is 4. The van der Waals surface area contributed by atoms with Crippen molar-refractivity contribution in [2.45, 2.75) is 37.4 Å². The molecule has 28 heavy (non-hydrogen) atoms. The molecule has 3 aromatic rings. The first-order chi connectivity index (χ1) is 13.5. The Morgan fingerprint density at radius 3 is 2.61 bits per heavy atom. The first-order valence-electron chi connectivity index (χ1n) is 9.33. The maximum Gasteiger partial charge on any atom is 0.416 e. The number of pyridine rings is 1. The fourth-order valence-electron chi connectivity index (χ4n) is 3.88. The Morgan fingerprint density at radius 2 is 1.89 bits per heavy atom. The highest BCUT2D eigenvalue weighted by molar-refractivity contribution is 5.54. The molecular formula is C21H18F3N3O. The molecule has 2 aromatic heterocycles. The molecule has 0 saturated carbocycles. The van der Waals surface area contributed by atoms with Gasteiger partial charge in [-0.2, -0.15) is 13.2 Å². The fraction of sp³-hybridized carbons (Fsp3) is 0.333. The molecule has 0 bridgehead atoms. The van der Waals surface area contributed by atoms with Gasteiger partial charge in [-0.15, -0.1) is 0 Å². The lowest BCUT2D eigenvalue weighted by atomic mass is 9.85. The van der Waals surface area contributed by atoms with E-state index >= 15 is 0 Å². The number of halogens is 3. The third kappa shape index (κ3) is 3.20. The molecule has 1 N–H and O–H groups in total. The summed E-state index contributed by atoms with van der Waals surface area (Å²) in [5.74, 6) is 1.48. The molecule has 2 atom stereocenters. The van der Waals surface area contributed by atoms with Crippen molar-refractivity contribution >= 4 is 0 Å². The summed E-state index contributed by atoms with van der Waals surface area (Å²) in [6.07, 6.45) is -0.116. The van der Waals surface area contributed by atoms with E-state index in [4.69, 9.17) is 4.42 Å². The second kappa shape index (κ2) is 6.44. The van der Waals surface area contributed by atoms with E-state index in [1.807, 2.05) is 12.3 Å². The topological polar surface area (TPSA) is 60.9 Å². The highest BCUT2D eigenvalue weighted by atomic mass is 19.4. The minimum Gasteiger partial charge on any atom is -0.441 e. The lowest BCUT2D eigenvalue weighted by Crippen LogP contribution is -2.15. The van der Waals surface area contributed by atoms with Crippen molar-refractivity contribution in [2.24, 2.45) is 0 Å². The SMILES string of the molecule is FC(F)(F)c1ccc(-c2nc3c(o2)CCC(c2ncccc2C2CN2)C3)cc1. The molecule has 0 spiro atoms. The van der Waals surface area contributed by atoms with E-state index in [9.17, 15) is 13.2 Å². The molecule has 7 heteroatoms. The van der Waals surface area contributed by atoms with E-state index in [1.54, 1.807) is 0 Å². The Labute approximate surface area is 159 Å². The van der Waals surface area contributed by atoms with Crippen molar-refractivity contribution < 1.29 is 17.6 Å². The van der Waals surface area contributed by atoms with E-state index in [2.05, 4.69) is 21.4 Å². The van der Waals surface area contributed by atoms with Crippen molar-refractivity contribution in [3.8, 4) is 11.5 Å². The number of nitrogens with zero attached hydrogens (tertiary/aromatic N) is 2. The smallest absolute Gasteiger partial charge is 0.416 e. The lowest BCUT2D eigenvalue weighted by molar-refractivity contribution is -0.137. The summed E-state index contributed by atoms with van der Waals surface area (Å²) < 4.78 is 44.1. The van der Waals surface area contributed by atoms with Gasteiger partial charge < -0.3 is 9.73 Å². The minimum absolute atomic E-state index is 0.275. The van der Waals surface area contributed by atoms with Crippen LogP contribution < -0.4 is 5.32 Å². The normalized spacial score (nSPS) is 21.4. The summed E-state index contributed by atoms with van der Waals surface area (Å²) in [4.78, 5) is 9.22. The Bertz CT molecular complexity index is 1010. The summed E-state index contributed by atoms with van der Waals surface area (Å²) in [7, 11) is 0. The van der Waals surface area contributed by atoms with E-state index in [1.165, 1.54) is 17.7 Å². The summed E-state index contributed by atoms with van der Waals surface area (Å²) in [6, 6.07) is 9.42. The molecule has 4 nitrogen and oxygen atoms in total. The zero-order valence-corrected chi connectivity index (χ0v) is 15.0. The summed E-state index contributed by atoms with van der Waals surface area (Å²) >= 11 is 0. The van der Waals surface area contributed by atoms with Crippen molar-refractivity contribution in [3.63, 3.8) is 0 Å². The van der Waals surface area contributed by atoms with Crippen LogP contribution in [0.5, 0.6) is 0 Å². The predicted molar refractivity (Wildman–Crippen MR) is 96.7 cm³/mol. The largest absolute Gasteiger partial charge is 0.441 e. The van der Waals surface area contributed by atoms with Gasteiger partial charge in [0.05, 0.1) is 11.3 Å². The minimum atomic E-state index is -4.35. The van der Waals surface area contributed by atoms with Crippen molar-refractivity contribution in [2.75, 3.05) is 6.54 Å². The number of fused-ring (bicyclic) bond motifs is 1. The van der Waals surface area contributed by atoms with Gasteiger partial charge in [-0.3, -0.25) is 4.98 Å². The van der Waals surface area contributed by atoms with E-state index in [0.29, 0.717) is 17.5 Å². The van der Waals surface area contributed by atoms with Crippen molar-refractivity contribution in [1.29, 1.82) is 0 Å². The number of rotatable bonds is 3. The molecule has 2 unspecified atom stereocenters. The van der Waals surface area contributed by atoms with Crippen molar-refractivity contribution in [3.05, 3.63) is 70.9 Å². The summed E-state index contributed by atoms with van der Waals surface area (Å²) in [6.45, 7) is 0.985. The van der Waals surface area contributed by atoms with Gasteiger partial charge >= 0.3 is 6.18 Å². The van der Waals surface area contributed by atoms with Crippen LogP contribution in [0.1, 0.15) is 46.7 Å². The van der Waals surface area contributed by atoms with E-state index in [-0.39, 0.29) is 5.92 Å². The van der Waals surface area contributed by atoms with Gasteiger partial charge in [0.2, 0.25) is 5.89 Å². The molecule has 1 fully saturated rings. The van der Waals surface area contributed by atoms with Crippen LogP contribution >= 0.6 is 0 Å². The number of hydrogen-bond donors (Lipinski definition) is 1. The zero-order valence-electron chi connectivity index (χ0n) is 15.0.